The molecule has 40 heavy (non-hydrogen) atoms. The van der Waals surface area contributed by atoms with E-state index in [0.29, 0.717) is 22.3 Å². The fourth-order valence-corrected chi connectivity index (χ4v) is 5.76. The van der Waals surface area contributed by atoms with E-state index in [9.17, 15) is 23.1 Å². The zero-order valence-corrected chi connectivity index (χ0v) is 23.3. The maximum absolute atomic E-state index is 13.2. The van der Waals surface area contributed by atoms with Gasteiger partial charge in [0, 0.05) is 45.1 Å². The molecule has 1 N–H and O–H groups in total. The average Bonchev–Trinajstić information content (AvgIpc) is 2.96. The third kappa shape index (κ3) is 6.36. The van der Waals surface area contributed by atoms with Gasteiger partial charge in [0.1, 0.15) is 11.3 Å². The summed E-state index contributed by atoms with van der Waals surface area (Å²) < 4.78 is 49.9. The van der Waals surface area contributed by atoms with E-state index in [1.807, 2.05) is 0 Å². The number of sulfonamides is 1. The third-order valence-corrected chi connectivity index (χ3v) is 8.38. The van der Waals surface area contributed by atoms with Gasteiger partial charge in [0.25, 0.3) is 5.91 Å². The molecular weight excluding hydrogens is 540 g/mol. The predicted molar refractivity (Wildman–Crippen MR) is 146 cm³/mol. The molecule has 1 amide bonds. The Labute approximate surface area is 232 Å². The lowest BCUT2D eigenvalue weighted by Crippen LogP contribution is -2.38. The molecule has 3 aromatic rings. The zero-order valence-electron chi connectivity index (χ0n) is 22.5. The summed E-state index contributed by atoms with van der Waals surface area (Å²) >= 11 is 0. The molecule has 0 spiro atoms. The molecule has 0 bridgehead atoms. The molecule has 0 fully saturated rings. The average molecular weight is 573 g/mol. The van der Waals surface area contributed by atoms with Gasteiger partial charge in [-0.1, -0.05) is 12.1 Å². The van der Waals surface area contributed by atoms with Crippen molar-refractivity contribution in [2.75, 3.05) is 47.5 Å². The smallest absolute Gasteiger partial charge is 0.288 e. The number of amides is 1. The lowest BCUT2D eigenvalue weighted by molar-refractivity contribution is -0.151. The van der Waals surface area contributed by atoms with Gasteiger partial charge < -0.3 is 28.6 Å². The second kappa shape index (κ2) is 12.6. The van der Waals surface area contributed by atoms with Crippen LogP contribution in [0.4, 0.5) is 0 Å². The van der Waals surface area contributed by atoms with Crippen LogP contribution in [0.15, 0.2) is 80.7 Å². The minimum Gasteiger partial charge on any atom is -0.497 e. The summed E-state index contributed by atoms with van der Waals surface area (Å²) in [6, 6.07) is 12.8. The van der Waals surface area contributed by atoms with Crippen molar-refractivity contribution in [3.8, 4) is 5.75 Å². The van der Waals surface area contributed by atoms with Gasteiger partial charge in [-0.15, -0.1) is 0 Å². The van der Waals surface area contributed by atoms with E-state index in [2.05, 4.69) is 0 Å². The van der Waals surface area contributed by atoms with Crippen molar-refractivity contribution in [1.82, 2.24) is 9.21 Å². The van der Waals surface area contributed by atoms with E-state index >= 15 is 0 Å². The number of rotatable bonds is 11. The maximum atomic E-state index is 13.2. The summed E-state index contributed by atoms with van der Waals surface area (Å²) in [6.45, 7) is -0.714. The fraction of sp³-hybridized carbons (Fsp3) is 0.357. The van der Waals surface area contributed by atoms with Crippen molar-refractivity contribution in [2.24, 2.45) is 0 Å². The Morgan fingerprint density at radius 2 is 1.82 bits per heavy atom. The van der Waals surface area contributed by atoms with Gasteiger partial charge in [-0.2, -0.15) is 4.31 Å². The van der Waals surface area contributed by atoms with Gasteiger partial charge in [0.15, 0.2) is 11.2 Å². The quantitative estimate of drug-likeness (QED) is 0.367. The largest absolute Gasteiger partial charge is 0.497 e. The number of ether oxygens (including phenoxy) is 3. The van der Waals surface area contributed by atoms with Crippen LogP contribution in [0.3, 0.4) is 0 Å². The van der Waals surface area contributed by atoms with E-state index in [0.717, 1.165) is 4.31 Å². The molecule has 1 aliphatic rings. The number of allylic oxidation sites excluding steroid dienone is 1. The third-order valence-electron chi connectivity index (χ3n) is 6.47. The Kier molecular flexibility index (Phi) is 9.25. The van der Waals surface area contributed by atoms with Crippen LogP contribution in [0.2, 0.25) is 0 Å². The lowest BCUT2D eigenvalue weighted by atomic mass is 9.93. The van der Waals surface area contributed by atoms with Gasteiger partial charge in [-0.05, 0) is 42.5 Å². The zero-order chi connectivity index (χ0) is 28.9. The van der Waals surface area contributed by atoms with Gasteiger partial charge in [-0.3, -0.25) is 9.59 Å². The predicted octanol–water partition coefficient (Wildman–Crippen LogP) is 2.30. The number of aliphatic hydroxyl groups is 1. The van der Waals surface area contributed by atoms with Crippen LogP contribution in [0.5, 0.6) is 5.75 Å². The normalized spacial score (nSPS) is 17.4. The van der Waals surface area contributed by atoms with Crippen LogP contribution in [0.25, 0.3) is 11.0 Å². The first kappa shape index (κ1) is 29.3. The van der Waals surface area contributed by atoms with Crippen LogP contribution >= 0.6 is 0 Å². The Hall–Kier alpha value is -3.71. The number of hydrogen-bond donors (Lipinski definition) is 1. The van der Waals surface area contributed by atoms with Gasteiger partial charge in [0.2, 0.25) is 16.3 Å². The summed E-state index contributed by atoms with van der Waals surface area (Å²) in [5.41, 5.74) is 0.579. The first-order valence-electron chi connectivity index (χ1n) is 12.6. The molecular formula is C28H32N2O9S. The van der Waals surface area contributed by atoms with Crippen molar-refractivity contribution in [2.45, 2.75) is 23.5 Å². The molecule has 0 unspecified atom stereocenters. The minimum atomic E-state index is -3.94. The second-order valence-corrected chi connectivity index (χ2v) is 11.2. The van der Waals surface area contributed by atoms with E-state index in [1.165, 1.54) is 42.5 Å². The van der Waals surface area contributed by atoms with Crippen molar-refractivity contribution in [1.29, 1.82) is 0 Å². The summed E-state index contributed by atoms with van der Waals surface area (Å²) in [5, 5.41) is 9.93. The summed E-state index contributed by atoms with van der Waals surface area (Å²) in [4.78, 5) is 27.4. The van der Waals surface area contributed by atoms with E-state index in [4.69, 9.17) is 18.6 Å². The number of carbonyl (C=O) groups is 1. The van der Waals surface area contributed by atoms with Gasteiger partial charge in [-0.25, -0.2) is 8.42 Å². The number of para-hydroxylation sites is 1. The van der Waals surface area contributed by atoms with Crippen molar-refractivity contribution >= 4 is 26.9 Å². The Morgan fingerprint density at radius 3 is 2.50 bits per heavy atom. The van der Waals surface area contributed by atoms with Gasteiger partial charge >= 0.3 is 0 Å². The van der Waals surface area contributed by atoms with Crippen LogP contribution in [0, 0.1) is 0 Å². The number of carbonyl (C=O) groups excluding carboxylic acids is 1. The number of nitrogens with zero attached hydrogens (tertiary/aromatic N) is 2. The number of fused-ring (bicyclic) bond motifs is 1. The molecule has 11 nitrogen and oxygen atoms in total. The topological polar surface area (TPSA) is 136 Å². The SMILES string of the molecule is COc1ccc(S(=O)(=O)N(CCO)CCO[C@@H]2C[C@H](c3coc4ccccc4c3=O)C=C(C(=O)N(C)C)O2)cc1. The molecule has 214 valence electrons. The Morgan fingerprint density at radius 1 is 1.10 bits per heavy atom. The number of methoxy groups -OCH3 is 1. The summed E-state index contributed by atoms with van der Waals surface area (Å²) in [7, 11) is 0.700. The van der Waals surface area contributed by atoms with Crippen molar-refractivity contribution in [3.63, 3.8) is 0 Å². The molecule has 2 atom stereocenters. The number of likely N-dealkylation sites (N-methyl/N-ethyl adjacent to an activating group) is 1. The van der Waals surface area contributed by atoms with E-state index in [-0.39, 0.29) is 48.8 Å². The van der Waals surface area contributed by atoms with Crippen molar-refractivity contribution < 1.29 is 36.9 Å². The highest BCUT2D eigenvalue weighted by Gasteiger charge is 2.32. The van der Waals surface area contributed by atoms with E-state index < -0.39 is 28.1 Å². The van der Waals surface area contributed by atoms with Crippen LogP contribution in [-0.4, -0.2) is 82.4 Å². The highest BCUT2D eigenvalue weighted by atomic mass is 32.2. The standard InChI is InChI=1S/C28H32N2O9S/c1-29(2)28(33)25-16-19(23-18-38-24-7-5-4-6-22(24)27(23)32)17-26(39-25)37-15-13-30(12-14-31)40(34,35)21-10-8-20(36-3)9-11-21/h4-11,16,18-19,26,31H,12-15,17H2,1-3H3/t19-,26+/m1/s1. The highest BCUT2D eigenvalue weighted by Crippen LogP contribution is 2.31. The molecule has 0 aliphatic carbocycles. The molecule has 12 heteroatoms. The van der Waals surface area contributed by atoms with Crippen LogP contribution in [-0.2, 0) is 24.3 Å². The molecule has 0 saturated carbocycles. The molecule has 0 radical (unpaired) electrons. The maximum Gasteiger partial charge on any atom is 0.288 e. The van der Waals surface area contributed by atoms with Gasteiger partial charge in [0.05, 0.1) is 36.9 Å². The second-order valence-electron chi connectivity index (χ2n) is 9.31. The monoisotopic (exact) mass is 572 g/mol. The molecule has 1 aromatic heterocycles. The summed E-state index contributed by atoms with van der Waals surface area (Å²) in [6.07, 6.45) is 2.21. The Bertz CT molecular complexity index is 1530. The first-order valence-corrected chi connectivity index (χ1v) is 14.1. The van der Waals surface area contributed by atoms with Crippen LogP contribution in [0.1, 0.15) is 17.9 Å². The minimum absolute atomic E-state index is 0.0110. The lowest BCUT2D eigenvalue weighted by Gasteiger charge is -2.30. The number of hydrogen-bond acceptors (Lipinski definition) is 9. The molecule has 2 aromatic carbocycles. The number of benzene rings is 2. The highest BCUT2D eigenvalue weighted by molar-refractivity contribution is 7.89. The molecule has 0 saturated heterocycles. The van der Waals surface area contributed by atoms with E-state index in [1.54, 1.807) is 44.4 Å². The number of aliphatic hydroxyl groups excluding tert-OH is 1. The fourth-order valence-electron chi connectivity index (χ4n) is 4.34. The first-order chi connectivity index (χ1) is 19.1. The molecule has 1 aliphatic heterocycles. The van der Waals surface area contributed by atoms with Crippen LogP contribution < -0.4 is 10.2 Å². The van der Waals surface area contributed by atoms with Crippen molar-refractivity contribution in [3.05, 3.63) is 82.4 Å². The summed E-state index contributed by atoms with van der Waals surface area (Å²) in [5.74, 6) is -0.434. The Balaban J connectivity index is 1.53. The molecule has 2 heterocycles. The molecule has 4 rings (SSSR count).